The largest absolute Gasteiger partial charge is 0.346 e. The van der Waals surface area contributed by atoms with Gasteiger partial charge in [0.15, 0.2) is 0 Å². The van der Waals surface area contributed by atoms with Gasteiger partial charge >= 0.3 is 0 Å². The first kappa shape index (κ1) is 11.0. The maximum atomic E-state index is 11.8. The number of hydrogen-bond donors (Lipinski definition) is 1. The van der Waals surface area contributed by atoms with Crippen molar-refractivity contribution in [3.63, 3.8) is 0 Å². The first-order valence-corrected chi connectivity index (χ1v) is 5.86. The molecule has 1 atom stereocenters. The summed E-state index contributed by atoms with van der Waals surface area (Å²) < 4.78 is 0. The van der Waals surface area contributed by atoms with Crippen LogP contribution in [0.15, 0.2) is 5.51 Å². The molecule has 0 saturated carbocycles. The Bertz CT molecular complexity index is 392. The Morgan fingerprint density at radius 1 is 1.69 bits per heavy atom. The number of anilines is 1. The van der Waals surface area contributed by atoms with E-state index in [0.29, 0.717) is 18.1 Å². The standard InChI is InChI=1S/C9H12N4O2S/c1-13-3-2-6(4-7(13)14)8(15)11-9-12-10-5-16-9/h5-6H,2-4H2,1H3,(H,11,12,15)/t6-/m0/s1. The van der Waals surface area contributed by atoms with Gasteiger partial charge in [0.2, 0.25) is 16.9 Å². The summed E-state index contributed by atoms with van der Waals surface area (Å²) in [5.74, 6) is -0.366. The van der Waals surface area contributed by atoms with Crippen LogP contribution < -0.4 is 5.32 Å². The fourth-order valence-electron chi connectivity index (χ4n) is 1.60. The number of likely N-dealkylation sites (tertiary alicyclic amines) is 1. The molecule has 0 radical (unpaired) electrons. The molecule has 7 heteroatoms. The predicted octanol–water partition coefficient (Wildman–Crippen LogP) is 0.345. The summed E-state index contributed by atoms with van der Waals surface area (Å²) in [6.07, 6.45) is 0.980. The van der Waals surface area contributed by atoms with E-state index in [4.69, 9.17) is 0 Å². The number of carbonyl (C=O) groups is 2. The predicted molar refractivity (Wildman–Crippen MR) is 58.9 cm³/mol. The van der Waals surface area contributed by atoms with Gasteiger partial charge in [0.05, 0.1) is 0 Å². The minimum absolute atomic E-state index is 0.0173. The maximum absolute atomic E-state index is 11.8. The summed E-state index contributed by atoms with van der Waals surface area (Å²) in [4.78, 5) is 24.9. The van der Waals surface area contributed by atoms with Crippen molar-refractivity contribution in [3.05, 3.63) is 5.51 Å². The van der Waals surface area contributed by atoms with Crippen molar-refractivity contribution >= 4 is 28.3 Å². The van der Waals surface area contributed by atoms with E-state index < -0.39 is 0 Å². The fourth-order valence-corrected chi connectivity index (χ4v) is 2.05. The van der Waals surface area contributed by atoms with E-state index in [1.165, 1.54) is 11.3 Å². The van der Waals surface area contributed by atoms with Gasteiger partial charge in [-0.1, -0.05) is 11.3 Å². The molecule has 2 amide bonds. The summed E-state index contributed by atoms with van der Waals surface area (Å²) in [5, 5.41) is 10.5. The molecule has 1 aromatic rings. The highest BCUT2D eigenvalue weighted by Crippen LogP contribution is 2.19. The molecule has 2 heterocycles. The zero-order chi connectivity index (χ0) is 11.5. The summed E-state index contributed by atoms with van der Waals surface area (Å²) >= 11 is 1.27. The Morgan fingerprint density at radius 3 is 3.12 bits per heavy atom. The van der Waals surface area contributed by atoms with Crippen LogP contribution in [0.1, 0.15) is 12.8 Å². The molecule has 1 saturated heterocycles. The Hall–Kier alpha value is -1.50. The minimum Gasteiger partial charge on any atom is -0.346 e. The molecule has 1 N–H and O–H groups in total. The highest BCUT2D eigenvalue weighted by atomic mass is 32.1. The van der Waals surface area contributed by atoms with Crippen LogP contribution >= 0.6 is 11.3 Å². The van der Waals surface area contributed by atoms with Crippen molar-refractivity contribution in [2.24, 2.45) is 5.92 Å². The van der Waals surface area contributed by atoms with E-state index in [0.717, 1.165) is 0 Å². The highest BCUT2D eigenvalue weighted by molar-refractivity contribution is 7.13. The Kier molecular flexibility index (Phi) is 3.14. The Morgan fingerprint density at radius 2 is 2.50 bits per heavy atom. The van der Waals surface area contributed by atoms with Crippen molar-refractivity contribution < 1.29 is 9.59 Å². The van der Waals surface area contributed by atoms with Gasteiger partial charge in [-0.15, -0.1) is 10.2 Å². The molecule has 0 aromatic carbocycles. The van der Waals surface area contributed by atoms with E-state index in [2.05, 4.69) is 15.5 Å². The van der Waals surface area contributed by atoms with Crippen molar-refractivity contribution in [2.75, 3.05) is 18.9 Å². The highest BCUT2D eigenvalue weighted by Gasteiger charge is 2.28. The van der Waals surface area contributed by atoms with Crippen LogP contribution in [-0.2, 0) is 9.59 Å². The monoisotopic (exact) mass is 240 g/mol. The maximum Gasteiger partial charge on any atom is 0.229 e. The fraction of sp³-hybridized carbons (Fsp3) is 0.556. The molecular weight excluding hydrogens is 228 g/mol. The van der Waals surface area contributed by atoms with E-state index in [1.54, 1.807) is 17.5 Å². The normalized spacial score (nSPS) is 20.9. The Balaban J connectivity index is 1.93. The van der Waals surface area contributed by atoms with Crippen LogP contribution in [0.5, 0.6) is 0 Å². The van der Waals surface area contributed by atoms with Crippen molar-refractivity contribution in [1.82, 2.24) is 15.1 Å². The van der Waals surface area contributed by atoms with Crippen LogP contribution in [0.2, 0.25) is 0 Å². The quantitative estimate of drug-likeness (QED) is 0.809. The average Bonchev–Trinajstić information content (AvgIpc) is 2.74. The third-order valence-corrected chi connectivity index (χ3v) is 3.23. The SMILES string of the molecule is CN1CC[C@H](C(=O)Nc2nncs2)CC1=O. The number of rotatable bonds is 2. The van der Waals surface area contributed by atoms with Gasteiger partial charge in [-0.25, -0.2) is 0 Å². The number of nitrogens with one attached hydrogen (secondary N) is 1. The molecule has 16 heavy (non-hydrogen) atoms. The lowest BCUT2D eigenvalue weighted by Gasteiger charge is -2.27. The second-order valence-electron chi connectivity index (χ2n) is 3.74. The van der Waals surface area contributed by atoms with Gasteiger partial charge in [0.1, 0.15) is 5.51 Å². The number of piperidine rings is 1. The lowest BCUT2D eigenvalue weighted by atomic mass is 9.96. The zero-order valence-corrected chi connectivity index (χ0v) is 9.66. The van der Waals surface area contributed by atoms with E-state index >= 15 is 0 Å². The number of aromatic nitrogens is 2. The zero-order valence-electron chi connectivity index (χ0n) is 8.84. The molecule has 86 valence electrons. The lowest BCUT2D eigenvalue weighted by Crippen LogP contribution is -2.39. The van der Waals surface area contributed by atoms with Crippen molar-refractivity contribution in [1.29, 1.82) is 0 Å². The van der Waals surface area contributed by atoms with E-state index in [-0.39, 0.29) is 24.2 Å². The van der Waals surface area contributed by atoms with Gasteiger partial charge in [0.25, 0.3) is 0 Å². The average molecular weight is 240 g/mol. The van der Waals surface area contributed by atoms with Gasteiger partial charge < -0.3 is 10.2 Å². The van der Waals surface area contributed by atoms with Crippen LogP contribution in [0.4, 0.5) is 5.13 Å². The first-order valence-electron chi connectivity index (χ1n) is 4.98. The van der Waals surface area contributed by atoms with E-state index in [1.807, 2.05) is 0 Å². The molecule has 2 rings (SSSR count). The van der Waals surface area contributed by atoms with Gasteiger partial charge in [0, 0.05) is 25.9 Å². The smallest absolute Gasteiger partial charge is 0.229 e. The van der Waals surface area contributed by atoms with Crippen molar-refractivity contribution in [2.45, 2.75) is 12.8 Å². The number of nitrogens with zero attached hydrogens (tertiary/aromatic N) is 3. The third-order valence-electron chi connectivity index (χ3n) is 2.62. The lowest BCUT2D eigenvalue weighted by molar-refractivity contribution is -0.137. The number of carbonyl (C=O) groups excluding carboxylic acids is 2. The first-order chi connectivity index (χ1) is 7.66. The molecule has 6 nitrogen and oxygen atoms in total. The molecule has 1 aliphatic heterocycles. The van der Waals surface area contributed by atoms with E-state index in [9.17, 15) is 9.59 Å². The van der Waals surface area contributed by atoms with Crippen LogP contribution in [0, 0.1) is 5.92 Å². The number of hydrogen-bond acceptors (Lipinski definition) is 5. The second kappa shape index (κ2) is 4.56. The molecule has 1 aliphatic rings. The molecule has 0 spiro atoms. The molecule has 0 bridgehead atoms. The molecule has 1 aromatic heterocycles. The Labute approximate surface area is 96.7 Å². The summed E-state index contributed by atoms with van der Waals surface area (Å²) in [5.41, 5.74) is 1.55. The summed E-state index contributed by atoms with van der Waals surface area (Å²) in [6, 6.07) is 0. The summed E-state index contributed by atoms with van der Waals surface area (Å²) in [6.45, 7) is 0.632. The molecule has 1 fully saturated rings. The second-order valence-corrected chi connectivity index (χ2v) is 4.57. The van der Waals surface area contributed by atoms with Crippen molar-refractivity contribution in [3.8, 4) is 0 Å². The molecular formula is C9H12N4O2S. The number of amides is 2. The van der Waals surface area contributed by atoms with Gasteiger partial charge in [-0.3, -0.25) is 9.59 Å². The topological polar surface area (TPSA) is 75.2 Å². The minimum atomic E-state index is -0.243. The molecule has 0 aliphatic carbocycles. The third kappa shape index (κ3) is 2.35. The van der Waals surface area contributed by atoms with Crippen LogP contribution in [-0.4, -0.2) is 40.5 Å². The van der Waals surface area contributed by atoms with Gasteiger partial charge in [-0.2, -0.15) is 0 Å². The molecule has 0 unspecified atom stereocenters. The van der Waals surface area contributed by atoms with Gasteiger partial charge in [-0.05, 0) is 6.42 Å². The summed E-state index contributed by atoms with van der Waals surface area (Å²) in [7, 11) is 1.75. The van der Waals surface area contributed by atoms with Crippen LogP contribution in [0.3, 0.4) is 0 Å². The van der Waals surface area contributed by atoms with Crippen LogP contribution in [0.25, 0.3) is 0 Å².